The van der Waals surface area contributed by atoms with Crippen molar-refractivity contribution in [2.45, 2.75) is 43.5 Å². The van der Waals surface area contributed by atoms with E-state index in [4.69, 9.17) is 10.2 Å². The third kappa shape index (κ3) is 4.73. The first-order valence-electron chi connectivity index (χ1n) is 6.09. The van der Waals surface area contributed by atoms with Crippen LogP contribution in [0.25, 0.3) is 0 Å². The summed E-state index contributed by atoms with van der Waals surface area (Å²) in [5.41, 5.74) is 0. The number of urea groups is 1. The van der Waals surface area contributed by atoms with Gasteiger partial charge in [-0.1, -0.05) is 6.92 Å². The summed E-state index contributed by atoms with van der Waals surface area (Å²) in [4.78, 5) is 22.2. The lowest BCUT2D eigenvalue weighted by molar-refractivity contribution is -0.140. The van der Waals surface area contributed by atoms with E-state index in [-0.39, 0.29) is 6.04 Å². The quantitative estimate of drug-likeness (QED) is 0.563. The Kier molecular flexibility index (Phi) is 6.28. The zero-order chi connectivity index (χ0) is 13.5. The number of carboxylic acid groups (broad SMARTS) is 1. The molecule has 1 aliphatic carbocycles. The van der Waals surface area contributed by atoms with Crippen molar-refractivity contribution in [2.75, 3.05) is 12.4 Å². The molecule has 0 spiro atoms. The molecule has 0 aromatic heterocycles. The lowest BCUT2D eigenvalue weighted by Crippen LogP contribution is -2.50. The monoisotopic (exact) mass is 276 g/mol. The lowest BCUT2D eigenvalue weighted by Gasteiger charge is -2.16. The fourth-order valence-electron chi connectivity index (χ4n) is 2.03. The third-order valence-electron chi connectivity index (χ3n) is 2.91. The third-order valence-corrected chi connectivity index (χ3v) is 4.14. The molecule has 0 heterocycles. The van der Waals surface area contributed by atoms with Gasteiger partial charge >= 0.3 is 12.0 Å². The van der Waals surface area contributed by atoms with Crippen LogP contribution in [0.3, 0.4) is 0 Å². The van der Waals surface area contributed by atoms with Gasteiger partial charge in [0.15, 0.2) is 6.04 Å². The first-order chi connectivity index (χ1) is 8.56. The number of carbonyl (C=O) groups is 2. The SMILES string of the molecule is CCSC1CCC(NC(=O)NC(CO)C(=O)O)C1. The first kappa shape index (κ1) is 15.1. The van der Waals surface area contributed by atoms with Crippen LogP contribution >= 0.6 is 11.8 Å². The summed E-state index contributed by atoms with van der Waals surface area (Å²) in [6.45, 7) is 1.50. The molecule has 0 aromatic carbocycles. The highest BCUT2D eigenvalue weighted by atomic mass is 32.2. The van der Waals surface area contributed by atoms with E-state index in [0.29, 0.717) is 5.25 Å². The molecule has 2 amide bonds. The highest BCUT2D eigenvalue weighted by molar-refractivity contribution is 7.99. The Labute approximate surface area is 111 Å². The number of aliphatic hydroxyl groups excluding tert-OH is 1. The zero-order valence-electron chi connectivity index (χ0n) is 10.4. The topological polar surface area (TPSA) is 98.7 Å². The molecular formula is C11H20N2O4S. The minimum atomic E-state index is -1.24. The van der Waals surface area contributed by atoms with Crippen LogP contribution in [0, 0.1) is 0 Å². The van der Waals surface area contributed by atoms with Crippen molar-refractivity contribution >= 4 is 23.8 Å². The number of rotatable bonds is 6. The van der Waals surface area contributed by atoms with Gasteiger partial charge in [-0.2, -0.15) is 11.8 Å². The predicted octanol–water partition coefficient (Wildman–Crippen LogP) is 0.405. The van der Waals surface area contributed by atoms with E-state index in [9.17, 15) is 9.59 Å². The first-order valence-corrected chi connectivity index (χ1v) is 7.14. The summed E-state index contributed by atoms with van der Waals surface area (Å²) in [7, 11) is 0. The van der Waals surface area contributed by atoms with E-state index < -0.39 is 24.6 Å². The summed E-state index contributed by atoms with van der Waals surface area (Å²) in [6.07, 6.45) is 2.91. The zero-order valence-corrected chi connectivity index (χ0v) is 11.2. The number of nitrogens with one attached hydrogen (secondary N) is 2. The molecule has 6 nitrogen and oxygen atoms in total. The van der Waals surface area contributed by atoms with Gasteiger partial charge in [-0.25, -0.2) is 9.59 Å². The Hall–Kier alpha value is -0.950. The summed E-state index contributed by atoms with van der Waals surface area (Å²) >= 11 is 1.89. The predicted molar refractivity (Wildman–Crippen MR) is 69.7 cm³/mol. The number of aliphatic hydroxyl groups is 1. The van der Waals surface area contributed by atoms with Crippen molar-refractivity contribution in [3.05, 3.63) is 0 Å². The summed E-state index contributed by atoms with van der Waals surface area (Å²) < 4.78 is 0. The van der Waals surface area contributed by atoms with Gasteiger partial charge in [0.2, 0.25) is 0 Å². The van der Waals surface area contributed by atoms with Crippen LogP contribution in [0.2, 0.25) is 0 Å². The van der Waals surface area contributed by atoms with Crippen LogP contribution < -0.4 is 10.6 Å². The highest BCUT2D eigenvalue weighted by Crippen LogP contribution is 2.29. The van der Waals surface area contributed by atoms with E-state index in [1.807, 2.05) is 11.8 Å². The molecule has 1 saturated carbocycles. The van der Waals surface area contributed by atoms with Gasteiger partial charge in [-0.05, 0) is 25.0 Å². The van der Waals surface area contributed by atoms with Gasteiger partial charge in [-0.15, -0.1) is 0 Å². The maximum absolute atomic E-state index is 11.5. The standard InChI is InChI=1S/C11H20N2O4S/c1-2-18-8-4-3-7(5-8)12-11(17)13-9(6-14)10(15)16/h7-9,14H,2-6H2,1H3,(H,15,16)(H2,12,13,17). The van der Waals surface area contributed by atoms with Crippen molar-refractivity contribution < 1.29 is 19.8 Å². The van der Waals surface area contributed by atoms with Gasteiger partial charge in [-0.3, -0.25) is 0 Å². The van der Waals surface area contributed by atoms with E-state index in [2.05, 4.69) is 17.6 Å². The molecule has 0 aliphatic heterocycles. The van der Waals surface area contributed by atoms with E-state index in [0.717, 1.165) is 25.0 Å². The van der Waals surface area contributed by atoms with Crippen LogP contribution in [0.4, 0.5) is 4.79 Å². The Morgan fingerprint density at radius 2 is 2.17 bits per heavy atom. The van der Waals surface area contributed by atoms with E-state index >= 15 is 0 Å². The number of carboxylic acids is 1. The Morgan fingerprint density at radius 1 is 1.44 bits per heavy atom. The second-order valence-electron chi connectivity index (χ2n) is 4.28. The maximum atomic E-state index is 11.5. The van der Waals surface area contributed by atoms with Crippen molar-refractivity contribution in [1.29, 1.82) is 0 Å². The molecule has 0 bridgehead atoms. The molecule has 104 valence electrons. The van der Waals surface area contributed by atoms with Crippen molar-refractivity contribution in [3.63, 3.8) is 0 Å². The molecule has 0 radical (unpaired) electrons. The second kappa shape index (κ2) is 7.48. The summed E-state index contributed by atoms with van der Waals surface area (Å²) in [5, 5.41) is 23.0. The van der Waals surface area contributed by atoms with Gasteiger partial charge in [0.05, 0.1) is 6.61 Å². The minimum Gasteiger partial charge on any atom is -0.480 e. The van der Waals surface area contributed by atoms with Gasteiger partial charge < -0.3 is 20.8 Å². The fraction of sp³-hybridized carbons (Fsp3) is 0.818. The van der Waals surface area contributed by atoms with Crippen LogP contribution in [-0.2, 0) is 4.79 Å². The number of carbonyl (C=O) groups excluding carboxylic acids is 1. The average molecular weight is 276 g/mol. The highest BCUT2D eigenvalue weighted by Gasteiger charge is 2.27. The lowest BCUT2D eigenvalue weighted by atomic mass is 10.2. The number of aliphatic carboxylic acids is 1. The van der Waals surface area contributed by atoms with Crippen LogP contribution in [0.15, 0.2) is 0 Å². The van der Waals surface area contributed by atoms with Crippen LogP contribution in [-0.4, -0.2) is 51.9 Å². The maximum Gasteiger partial charge on any atom is 0.328 e. The van der Waals surface area contributed by atoms with Crippen LogP contribution in [0.5, 0.6) is 0 Å². The van der Waals surface area contributed by atoms with Gasteiger partial charge in [0.1, 0.15) is 0 Å². The summed E-state index contributed by atoms with van der Waals surface area (Å²) in [6, 6.07) is -1.67. The molecular weight excluding hydrogens is 256 g/mol. The van der Waals surface area contributed by atoms with Crippen molar-refractivity contribution in [3.8, 4) is 0 Å². The van der Waals surface area contributed by atoms with Gasteiger partial charge in [0, 0.05) is 11.3 Å². The molecule has 18 heavy (non-hydrogen) atoms. The van der Waals surface area contributed by atoms with Crippen molar-refractivity contribution in [2.24, 2.45) is 0 Å². The van der Waals surface area contributed by atoms with E-state index in [1.165, 1.54) is 0 Å². The molecule has 3 unspecified atom stereocenters. The van der Waals surface area contributed by atoms with Gasteiger partial charge in [0.25, 0.3) is 0 Å². The number of hydrogen-bond donors (Lipinski definition) is 4. The fourth-order valence-corrected chi connectivity index (χ4v) is 3.17. The molecule has 3 atom stereocenters. The molecule has 4 N–H and O–H groups in total. The Bertz CT molecular complexity index is 301. The molecule has 7 heteroatoms. The summed E-state index contributed by atoms with van der Waals surface area (Å²) in [5.74, 6) is -0.173. The molecule has 1 aliphatic rings. The largest absolute Gasteiger partial charge is 0.480 e. The van der Waals surface area contributed by atoms with Crippen LogP contribution in [0.1, 0.15) is 26.2 Å². The number of hydrogen-bond acceptors (Lipinski definition) is 4. The molecule has 1 rings (SSSR count). The normalized spacial score (nSPS) is 24.6. The molecule has 0 saturated heterocycles. The Balaban J connectivity index is 2.30. The van der Waals surface area contributed by atoms with E-state index in [1.54, 1.807) is 0 Å². The number of amides is 2. The second-order valence-corrected chi connectivity index (χ2v) is 5.86. The smallest absolute Gasteiger partial charge is 0.328 e. The average Bonchev–Trinajstić information content (AvgIpc) is 2.73. The molecule has 0 aromatic rings. The van der Waals surface area contributed by atoms with Crippen molar-refractivity contribution in [1.82, 2.24) is 10.6 Å². The number of thioether (sulfide) groups is 1. The Morgan fingerprint density at radius 3 is 2.72 bits per heavy atom. The minimum absolute atomic E-state index is 0.0992. The molecule has 1 fully saturated rings.